The molecule has 0 fully saturated rings. The highest BCUT2D eigenvalue weighted by atomic mass is 16.3. The number of nitrogens with zero attached hydrogens (tertiary/aromatic N) is 2. The number of furan rings is 1. The van der Waals surface area contributed by atoms with Gasteiger partial charge >= 0.3 is 0 Å². The van der Waals surface area contributed by atoms with Crippen LogP contribution >= 0.6 is 0 Å². The van der Waals surface area contributed by atoms with Gasteiger partial charge < -0.3 is 4.42 Å². The summed E-state index contributed by atoms with van der Waals surface area (Å²) in [6, 6.07) is 10.9. The van der Waals surface area contributed by atoms with Crippen LogP contribution in [-0.2, 0) is 0 Å². The average molecular weight is 194 g/mol. The number of benzene rings is 1. The van der Waals surface area contributed by atoms with E-state index in [1.807, 2.05) is 0 Å². The van der Waals surface area contributed by atoms with Gasteiger partial charge in [-0.1, -0.05) is 6.07 Å². The van der Waals surface area contributed by atoms with Gasteiger partial charge in [0.25, 0.3) is 0 Å². The Balaban J connectivity index is 2.75. The second-order valence-corrected chi connectivity index (χ2v) is 2.96. The third-order valence-electron chi connectivity index (χ3n) is 2.12. The van der Waals surface area contributed by atoms with E-state index < -0.39 is 0 Å². The van der Waals surface area contributed by atoms with Crippen LogP contribution in [0.4, 0.5) is 0 Å². The van der Waals surface area contributed by atoms with Crippen molar-refractivity contribution < 1.29 is 4.42 Å². The predicted octanol–water partition coefficient (Wildman–Crippen LogP) is 2.69. The summed E-state index contributed by atoms with van der Waals surface area (Å²) in [5, 5.41) is 17.9. The number of hydrogen-bond donors (Lipinski definition) is 0. The second kappa shape index (κ2) is 3.69. The fraction of sp³-hybridized carbons (Fsp3) is 0. The van der Waals surface area contributed by atoms with Crippen LogP contribution < -0.4 is 0 Å². The minimum absolute atomic E-state index is 0.482. The molecule has 15 heavy (non-hydrogen) atoms. The quantitative estimate of drug-likeness (QED) is 0.701. The molecule has 1 aromatic heterocycles. The first-order valence-electron chi connectivity index (χ1n) is 4.32. The Bertz CT molecular complexity index is 524. The zero-order chi connectivity index (χ0) is 10.7. The molecule has 0 spiro atoms. The smallest absolute Gasteiger partial charge is 0.0998 e. The zero-order valence-electron chi connectivity index (χ0n) is 7.77. The van der Waals surface area contributed by atoms with E-state index in [1.54, 1.807) is 24.3 Å². The summed E-state index contributed by atoms with van der Waals surface area (Å²) < 4.78 is 4.95. The largest absolute Gasteiger partial charge is 0.472 e. The topological polar surface area (TPSA) is 60.7 Å². The van der Waals surface area contributed by atoms with Crippen molar-refractivity contribution in [1.82, 2.24) is 0 Å². The Hall–Kier alpha value is -2.52. The van der Waals surface area contributed by atoms with Crippen molar-refractivity contribution in [2.45, 2.75) is 0 Å². The molecule has 0 aliphatic carbocycles. The predicted molar refractivity (Wildman–Crippen MR) is 53.6 cm³/mol. The summed E-state index contributed by atoms with van der Waals surface area (Å²) in [5.41, 5.74) is 2.35. The van der Waals surface area contributed by atoms with Crippen LogP contribution in [0.3, 0.4) is 0 Å². The van der Waals surface area contributed by atoms with E-state index in [0.29, 0.717) is 16.7 Å². The maximum atomic E-state index is 8.95. The van der Waals surface area contributed by atoms with Gasteiger partial charge in [-0.2, -0.15) is 10.5 Å². The summed E-state index contributed by atoms with van der Waals surface area (Å²) in [6.45, 7) is 0. The highest BCUT2D eigenvalue weighted by Crippen LogP contribution is 2.27. The van der Waals surface area contributed by atoms with Crippen LogP contribution in [0.15, 0.2) is 41.2 Å². The zero-order valence-corrected chi connectivity index (χ0v) is 7.77. The molecule has 0 bridgehead atoms. The molecule has 0 aliphatic rings. The van der Waals surface area contributed by atoms with E-state index >= 15 is 0 Å². The van der Waals surface area contributed by atoms with E-state index in [-0.39, 0.29) is 0 Å². The van der Waals surface area contributed by atoms with Crippen LogP contribution in [0.25, 0.3) is 11.1 Å². The Morgan fingerprint density at radius 3 is 2.13 bits per heavy atom. The highest BCUT2D eigenvalue weighted by Gasteiger charge is 2.10. The van der Waals surface area contributed by atoms with E-state index in [2.05, 4.69) is 12.1 Å². The van der Waals surface area contributed by atoms with Crippen LogP contribution in [0.2, 0.25) is 0 Å². The number of hydrogen-bond acceptors (Lipinski definition) is 3. The summed E-state index contributed by atoms with van der Waals surface area (Å²) in [5.74, 6) is 0. The fourth-order valence-corrected chi connectivity index (χ4v) is 1.46. The first kappa shape index (κ1) is 9.05. The average Bonchev–Trinajstić information content (AvgIpc) is 2.81. The lowest BCUT2D eigenvalue weighted by atomic mass is 9.97. The molecule has 1 heterocycles. The van der Waals surface area contributed by atoms with E-state index in [9.17, 15) is 0 Å². The molecule has 0 unspecified atom stereocenters. The molecule has 0 atom stereocenters. The minimum Gasteiger partial charge on any atom is -0.472 e. The number of rotatable bonds is 1. The maximum Gasteiger partial charge on any atom is 0.0998 e. The van der Waals surface area contributed by atoms with E-state index in [1.165, 1.54) is 12.5 Å². The van der Waals surface area contributed by atoms with Crippen LogP contribution in [0, 0.1) is 22.7 Å². The summed E-state index contributed by atoms with van der Waals surface area (Å²) in [7, 11) is 0. The first-order chi connectivity index (χ1) is 7.36. The maximum absolute atomic E-state index is 8.95. The molecule has 2 aromatic rings. The highest BCUT2D eigenvalue weighted by molar-refractivity contribution is 5.75. The third kappa shape index (κ3) is 1.47. The van der Waals surface area contributed by atoms with Crippen molar-refractivity contribution in [2.75, 3.05) is 0 Å². The van der Waals surface area contributed by atoms with E-state index in [0.717, 1.165) is 5.56 Å². The minimum atomic E-state index is 0.482. The Kier molecular flexibility index (Phi) is 2.23. The summed E-state index contributed by atoms with van der Waals surface area (Å²) >= 11 is 0. The molecule has 3 heteroatoms. The van der Waals surface area contributed by atoms with Gasteiger partial charge in [0.2, 0.25) is 0 Å². The fourth-order valence-electron chi connectivity index (χ4n) is 1.46. The van der Waals surface area contributed by atoms with Gasteiger partial charge in [-0.3, -0.25) is 0 Å². The molecule has 0 saturated heterocycles. The molecule has 0 aliphatic heterocycles. The molecule has 0 N–H and O–H groups in total. The first-order valence-corrected chi connectivity index (χ1v) is 4.32. The Morgan fingerprint density at radius 2 is 1.67 bits per heavy atom. The van der Waals surface area contributed by atoms with Gasteiger partial charge in [0, 0.05) is 11.1 Å². The summed E-state index contributed by atoms with van der Waals surface area (Å²) in [4.78, 5) is 0. The van der Waals surface area contributed by atoms with Crippen LogP contribution in [-0.4, -0.2) is 0 Å². The molecule has 0 amide bonds. The van der Waals surface area contributed by atoms with Crippen molar-refractivity contribution in [3.8, 4) is 23.3 Å². The normalized spacial score (nSPS) is 9.20. The molecule has 1 aromatic carbocycles. The lowest BCUT2D eigenvalue weighted by molar-refractivity contribution is 0.568. The molecule has 70 valence electrons. The molecular formula is C12H6N2O. The van der Waals surface area contributed by atoms with Crippen LogP contribution in [0.5, 0.6) is 0 Å². The van der Waals surface area contributed by atoms with Crippen molar-refractivity contribution in [2.24, 2.45) is 0 Å². The van der Waals surface area contributed by atoms with Gasteiger partial charge in [0.15, 0.2) is 0 Å². The Labute approximate surface area is 86.8 Å². The molecule has 0 saturated carbocycles. The van der Waals surface area contributed by atoms with Gasteiger partial charge in [-0.05, 0) is 18.2 Å². The molecule has 2 rings (SSSR count). The molecule has 0 radical (unpaired) electrons. The van der Waals surface area contributed by atoms with Crippen molar-refractivity contribution >= 4 is 0 Å². The lowest BCUT2D eigenvalue weighted by Crippen LogP contribution is -1.87. The monoisotopic (exact) mass is 194 g/mol. The third-order valence-corrected chi connectivity index (χ3v) is 2.12. The van der Waals surface area contributed by atoms with Gasteiger partial charge in [-0.15, -0.1) is 0 Å². The van der Waals surface area contributed by atoms with Crippen LogP contribution in [0.1, 0.15) is 11.1 Å². The summed E-state index contributed by atoms with van der Waals surface area (Å²) in [6.07, 6.45) is 3.04. The Morgan fingerprint density at radius 1 is 1.00 bits per heavy atom. The van der Waals surface area contributed by atoms with Gasteiger partial charge in [0.1, 0.15) is 0 Å². The standard InChI is InChI=1S/C12H6N2O/c13-6-9-2-1-3-10(7-14)12(9)11-4-5-15-8-11/h1-5,8H. The second-order valence-electron chi connectivity index (χ2n) is 2.96. The molecule has 3 nitrogen and oxygen atoms in total. The van der Waals surface area contributed by atoms with Crippen molar-refractivity contribution in [3.63, 3.8) is 0 Å². The SMILES string of the molecule is N#Cc1cccc(C#N)c1-c1ccoc1. The van der Waals surface area contributed by atoms with E-state index in [4.69, 9.17) is 14.9 Å². The number of nitriles is 2. The van der Waals surface area contributed by atoms with Gasteiger partial charge in [0.05, 0.1) is 35.8 Å². The van der Waals surface area contributed by atoms with Gasteiger partial charge in [-0.25, -0.2) is 0 Å². The van der Waals surface area contributed by atoms with Crippen molar-refractivity contribution in [3.05, 3.63) is 47.9 Å². The molecular weight excluding hydrogens is 188 g/mol. The van der Waals surface area contributed by atoms with Crippen molar-refractivity contribution in [1.29, 1.82) is 10.5 Å². The lowest BCUT2D eigenvalue weighted by Gasteiger charge is -2.02.